The van der Waals surface area contributed by atoms with Gasteiger partial charge in [-0.2, -0.15) is 0 Å². The summed E-state index contributed by atoms with van der Waals surface area (Å²) in [5.74, 6) is 1.40. The van der Waals surface area contributed by atoms with Crippen molar-refractivity contribution in [3.63, 3.8) is 0 Å². The van der Waals surface area contributed by atoms with Gasteiger partial charge in [-0.3, -0.25) is 4.79 Å². The fourth-order valence-electron chi connectivity index (χ4n) is 3.48. The summed E-state index contributed by atoms with van der Waals surface area (Å²) in [6, 6.07) is 8.18. The van der Waals surface area contributed by atoms with E-state index in [1.807, 2.05) is 11.0 Å². The third-order valence-corrected chi connectivity index (χ3v) is 5.04. The first kappa shape index (κ1) is 19.1. The minimum atomic E-state index is 0.204. The number of para-hydroxylation sites is 1. The van der Waals surface area contributed by atoms with Gasteiger partial charge in [0.2, 0.25) is 11.9 Å². The smallest absolute Gasteiger partial charge is 0.225 e. The van der Waals surface area contributed by atoms with Crippen molar-refractivity contribution in [1.29, 1.82) is 0 Å². The normalized spacial score (nSPS) is 14.5. The number of amides is 1. The molecule has 27 heavy (non-hydrogen) atoms. The molecule has 0 atom stereocenters. The summed E-state index contributed by atoms with van der Waals surface area (Å²) in [5, 5.41) is 3.49. The van der Waals surface area contributed by atoms with Crippen LogP contribution in [-0.2, 0) is 4.79 Å². The molecule has 2 aromatic rings. The largest absolute Gasteiger partial charge is 0.384 e. The number of aryl methyl sites for hydroxylation is 1. The van der Waals surface area contributed by atoms with Gasteiger partial charge in [0.05, 0.1) is 0 Å². The van der Waals surface area contributed by atoms with Crippen LogP contribution >= 0.6 is 0 Å². The Morgan fingerprint density at radius 2 is 1.81 bits per heavy atom. The van der Waals surface area contributed by atoms with E-state index in [0.29, 0.717) is 18.9 Å². The lowest BCUT2D eigenvalue weighted by Crippen LogP contribution is -2.49. The maximum absolute atomic E-state index is 12.6. The summed E-state index contributed by atoms with van der Waals surface area (Å²) >= 11 is 0. The molecule has 144 valence electrons. The number of hydrogen-bond donors (Lipinski definition) is 1. The summed E-state index contributed by atoms with van der Waals surface area (Å²) in [6.45, 7) is 10.2. The number of anilines is 2. The molecule has 1 amide bonds. The summed E-state index contributed by atoms with van der Waals surface area (Å²) in [6.07, 6.45) is 4.01. The fourth-order valence-corrected chi connectivity index (χ4v) is 3.48. The zero-order valence-electron chi connectivity index (χ0n) is 16.5. The average molecular weight is 367 g/mol. The van der Waals surface area contributed by atoms with Gasteiger partial charge >= 0.3 is 0 Å². The van der Waals surface area contributed by atoms with E-state index in [-0.39, 0.29) is 5.91 Å². The minimum absolute atomic E-state index is 0.204. The highest BCUT2D eigenvalue weighted by molar-refractivity contribution is 5.77. The van der Waals surface area contributed by atoms with Crippen LogP contribution in [0.3, 0.4) is 0 Å². The lowest BCUT2D eigenvalue weighted by molar-refractivity contribution is -0.131. The average Bonchev–Trinajstić information content (AvgIpc) is 2.69. The van der Waals surface area contributed by atoms with E-state index < -0.39 is 0 Å². The van der Waals surface area contributed by atoms with Crippen molar-refractivity contribution < 1.29 is 4.79 Å². The molecule has 0 aliphatic carbocycles. The molecule has 1 fully saturated rings. The SMILES string of the molecule is Cc1cccc(C(C)C)c1NCCC(=O)N1CCN(c2ncccn2)CC1. The molecule has 1 aliphatic rings. The molecule has 3 rings (SSSR count). The second kappa shape index (κ2) is 8.84. The molecule has 1 aromatic carbocycles. The molecule has 2 heterocycles. The molecular weight excluding hydrogens is 338 g/mol. The Balaban J connectivity index is 1.48. The molecule has 0 bridgehead atoms. The Morgan fingerprint density at radius 1 is 1.11 bits per heavy atom. The molecule has 1 N–H and O–H groups in total. The maximum Gasteiger partial charge on any atom is 0.225 e. The Labute approximate surface area is 161 Å². The van der Waals surface area contributed by atoms with Crippen LogP contribution in [0.2, 0.25) is 0 Å². The molecule has 6 nitrogen and oxygen atoms in total. The molecular formula is C21H29N5O. The number of hydrogen-bond acceptors (Lipinski definition) is 5. The van der Waals surface area contributed by atoms with Gasteiger partial charge in [-0.15, -0.1) is 0 Å². The van der Waals surface area contributed by atoms with E-state index >= 15 is 0 Å². The van der Waals surface area contributed by atoms with Crippen LogP contribution < -0.4 is 10.2 Å². The Kier molecular flexibility index (Phi) is 6.27. The third kappa shape index (κ3) is 4.76. The van der Waals surface area contributed by atoms with E-state index in [4.69, 9.17) is 0 Å². The van der Waals surface area contributed by atoms with Crippen LogP contribution in [0, 0.1) is 6.92 Å². The molecule has 1 aliphatic heterocycles. The fraction of sp³-hybridized carbons (Fsp3) is 0.476. The number of nitrogens with zero attached hydrogens (tertiary/aromatic N) is 4. The zero-order valence-corrected chi connectivity index (χ0v) is 16.5. The van der Waals surface area contributed by atoms with Gasteiger partial charge in [-0.1, -0.05) is 32.0 Å². The number of aromatic nitrogens is 2. The van der Waals surface area contributed by atoms with Crippen LogP contribution in [-0.4, -0.2) is 53.5 Å². The molecule has 0 unspecified atom stereocenters. The van der Waals surface area contributed by atoms with Crippen LogP contribution in [0.5, 0.6) is 0 Å². The van der Waals surface area contributed by atoms with Gasteiger partial charge in [-0.25, -0.2) is 9.97 Å². The topological polar surface area (TPSA) is 61.4 Å². The Morgan fingerprint density at radius 3 is 2.48 bits per heavy atom. The van der Waals surface area contributed by atoms with E-state index in [9.17, 15) is 4.79 Å². The number of rotatable bonds is 6. The van der Waals surface area contributed by atoms with Gasteiger partial charge in [-0.05, 0) is 30.0 Å². The number of carbonyl (C=O) groups is 1. The Bertz CT molecular complexity index is 754. The first-order chi connectivity index (χ1) is 13.1. The van der Waals surface area contributed by atoms with Gasteiger partial charge in [0, 0.05) is 57.2 Å². The first-order valence-corrected chi connectivity index (χ1v) is 9.69. The Hall–Kier alpha value is -2.63. The number of benzene rings is 1. The van der Waals surface area contributed by atoms with Crippen molar-refractivity contribution in [2.24, 2.45) is 0 Å². The summed E-state index contributed by atoms with van der Waals surface area (Å²) < 4.78 is 0. The lowest BCUT2D eigenvalue weighted by atomic mass is 9.98. The van der Waals surface area contributed by atoms with Crippen molar-refractivity contribution in [2.45, 2.75) is 33.1 Å². The summed E-state index contributed by atoms with van der Waals surface area (Å²) in [4.78, 5) is 25.2. The highest BCUT2D eigenvalue weighted by Crippen LogP contribution is 2.27. The molecule has 0 spiro atoms. The van der Waals surface area contributed by atoms with Crippen molar-refractivity contribution in [1.82, 2.24) is 14.9 Å². The lowest BCUT2D eigenvalue weighted by Gasteiger charge is -2.34. The highest BCUT2D eigenvalue weighted by atomic mass is 16.2. The van der Waals surface area contributed by atoms with E-state index in [2.05, 4.69) is 59.2 Å². The van der Waals surface area contributed by atoms with Crippen LogP contribution in [0.15, 0.2) is 36.7 Å². The van der Waals surface area contributed by atoms with E-state index in [0.717, 1.165) is 32.1 Å². The standard InChI is InChI=1S/C21H29N5O/c1-16(2)18-7-4-6-17(3)20(18)22-11-8-19(27)25-12-14-26(15-13-25)21-23-9-5-10-24-21/h4-7,9-10,16,22H,8,11-15H2,1-3H3. The zero-order chi connectivity index (χ0) is 19.2. The second-order valence-electron chi connectivity index (χ2n) is 7.29. The van der Waals surface area contributed by atoms with Crippen LogP contribution in [0.1, 0.15) is 37.3 Å². The van der Waals surface area contributed by atoms with Crippen LogP contribution in [0.4, 0.5) is 11.6 Å². The highest BCUT2D eigenvalue weighted by Gasteiger charge is 2.22. The maximum atomic E-state index is 12.6. The minimum Gasteiger partial charge on any atom is -0.384 e. The predicted molar refractivity (Wildman–Crippen MR) is 109 cm³/mol. The number of nitrogens with one attached hydrogen (secondary N) is 1. The van der Waals surface area contributed by atoms with Gasteiger partial charge in [0.15, 0.2) is 0 Å². The number of piperazine rings is 1. The molecule has 1 saturated heterocycles. The van der Waals surface area contributed by atoms with E-state index in [1.54, 1.807) is 12.4 Å². The quantitative estimate of drug-likeness (QED) is 0.850. The first-order valence-electron chi connectivity index (χ1n) is 9.69. The predicted octanol–water partition coefficient (Wildman–Crippen LogP) is 3.06. The second-order valence-corrected chi connectivity index (χ2v) is 7.29. The van der Waals surface area contributed by atoms with Gasteiger partial charge in [0.25, 0.3) is 0 Å². The van der Waals surface area contributed by atoms with Crippen molar-refractivity contribution in [3.8, 4) is 0 Å². The molecule has 0 radical (unpaired) electrons. The monoisotopic (exact) mass is 367 g/mol. The van der Waals surface area contributed by atoms with Crippen LogP contribution in [0.25, 0.3) is 0 Å². The van der Waals surface area contributed by atoms with E-state index in [1.165, 1.54) is 16.8 Å². The molecule has 1 aromatic heterocycles. The number of carbonyl (C=O) groups excluding carboxylic acids is 1. The molecule has 0 saturated carbocycles. The van der Waals surface area contributed by atoms with Gasteiger partial charge in [0.1, 0.15) is 0 Å². The van der Waals surface area contributed by atoms with Crippen molar-refractivity contribution in [2.75, 3.05) is 42.9 Å². The van der Waals surface area contributed by atoms with Crippen molar-refractivity contribution in [3.05, 3.63) is 47.8 Å². The van der Waals surface area contributed by atoms with Gasteiger partial charge < -0.3 is 15.1 Å². The summed E-state index contributed by atoms with van der Waals surface area (Å²) in [7, 11) is 0. The summed E-state index contributed by atoms with van der Waals surface area (Å²) in [5.41, 5.74) is 3.70. The third-order valence-electron chi connectivity index (χ3n) is 5.04. The molecule has 6 heteroatoms. The van der Waals surface area contributed by atoms with Crippen molar-refractivity contribution >= 4 is 17.5 Å².